The van der Waals surface area contributed by atoms with Gasteiger partial charge in [0.1, 0.15) is 0 Å². The van der Waals surface area contributed by atoms with Gasteiger partial charge >= 0.3 is 12.4 Å². The van der Waals surface area contributed by atoms with Crippen LogP contribution in [0.25, 0.3) is 0 Å². The summed E-state index contributed by atoms with van der Waals surface area (Å²) in [7, 11) is 0. The zero-order chi connectivity index (χ0) is 14.1. The molecule has 8 heteroatoms. The van der Waals surface area contributed by atoms with E-state index in [2.05, 4.69) is 0 Å². The molecule has 0 aliphatic heterocycles. The van der Waals surface area contributed by atoms with Gasteiger partial charge < -0.3 is 5.73 Å². The van der Waals surface area contributed by atoms with Crippen LogP contribution in [-0.4, -0.2) is 0 Å². The molecule has 0 spiro atoms. The van der Waals surface area contributed by atoms with E-state index in [1.54, 1.807) is 6.92 Å². The van der Waals surface area contributed by atoms with Crippen LogP contribution in [0.2, 0.25) is 0 Å². The summed E-state index contributed by atoms with van der Waals surface area (Å²) in [6.07, 6.45) is -9.41. The van der Waals surface area contributed by atoms with Gasteiger partial charge in [-0.3, -0.25) is 0 Å². The van der Waals surface area contributed by atoms with Gasteiger partial charge in [0.2, 0.25) is 0 Å². The molecule has 0 saturated heterocycles. The van der Waals surface area contributed by atoms with E-state index in [1.165, 1.54) is 0 Å². The molecule has 19 heavy (non-hydrogen) atoms. The molecule has 0 aliphatic carbocycles. The molecule has 1 unspecified atom stereocenters. The Kier molecular flexibility index (Phi) is 5.70. The summed E-state index contributed by atoms with van der Waals surface area (Å²) in [5.74, 6) is 0. The largest absolute Gasteiger partial charge is 0.416 e. The number of rotatable bonds is 2. The van der Waals surface area contributed by atoms with Gasteiger partial charge in [-0.15, -0.1) is 12.4 Å². The molecule has 1 rings (SSSR count). The van der Waals surface area contributed by atoms with Crippen molar-refractivity contribution in [3.8, 4) is 0 Å². The minimum Gasteiger partial charge on any atom is -0.324 e. The maximum Gasteiger partial charge on any atom is 0.416 e. The number of hydrogen-bond donors (Lipinski definition) is 1. The normalized spacial score (nSPS) is 13.9. The van der Waals surface area contributed by atoms with Gasteiger partial charge in [0.05, 0.1) is 11.1 Å². The molecule has 110 valence electrons. The van der Waals surface area contributed by atoms with Crippen LogP contribution in [0.15, 0.2) is 18.2 Å². The fourth-order valence-electron chi connectivity index (χ4n) is 1.43. The lowest BCUT2D eigenvalue weighted by Gasteiger charge is -2.16. The van der Waals surface area contributed by atoms with Crippen LogP contribution in [0, 0.1) is 0 Å². The van der Waals surface area contributed by atoms with Crippen LogP contribution < -0.4 is 5.73 Å². The summed E-state index contributed by atoms with van der Waals surface area (Å²) in [6, 6.07) is 0.548. The summed E-state index contributed by atoms with van der Waals surface area (Å²) in [5, 5.41) is 0. The first kappa shape index (κ1) is 18.0. The van der Waals surface area contributed by atoms with Gasteiger partial charge in [0, 0.05) is 6.04 Å². The highest BCUT2D eigenvalue weighted by Crippen LogP contribution is 2.37. The molecule has 2 N–H and O–H groups in total. The number of halogens is 7. The highest BCUT2D eigenvalue weighted by molar-refractivity contribution is 5.85. The number of nitrogens with two attached hydrogens (primary N) is 1. The first-order valence-electron chi connectivity index (χ1n) is 5.10. The lowest BCUT2D eigenvalue weighted by atomic mass is 9.99. The molecule has 1 atom stereocenters. The van der Waals surface area contributed by atoms with Crippen molar-refractivity contribution < 1.29 is 26.3 Å². The summed E-state index contributed by atoms with van der Waals surface area (Å²) in [6.45, 7) is 1.58. The van der Waals surface area contributed by atoms with Gasteiger partial charge in [0.25, 0.3) is 0 Å². The Labute approximate surface area is 112 Å². The maximum atomic E-state index is 12.5. The van der Waals surface area contributed by atoms with Crippen molar-refractivity contribution in [2.45, 2.75) is 31.7 Å². The monoisotopic (exact) mass is 307 g/mol. The second kappa shape index (κ2) is 6.00. The number of benzene rings is 1. The minimum absolute atomic E-state index is 0. The summed E-state index contributed by atoms with van der Waals surface area (Å²) in [5.41, 5.74) is 2.64. The summed E-state index contributed by atoms with van der Waals surface area (Å²) < 4.78 is 75.0. The third kappa shape index (κ3) is 4.58. The Hall–Kier alpha value is -0.950. The van der Waals surface area contributed by atoms with Crippen LogP contribution in [0.5, 0.6) is 0 Å². The van der Waals surface area contributed by atoms with Crippen LogP contribution in [0.3, 0.4) is 0 Å². The number of alkyl halides is 6. The number of hydrogen-bond acceptors (Lipinski definition) is 1. The first-order valence-corrected chi connectivity index (χ1v) is 5.10. The van der Waals surface area contributed by atoms with E-state index in [-0.39, 0.29) is 30.5 Å². The van der Waals surface area contributed by atoms with Crippen molar-refractivity contribution in [1.29, 1.82) is 0 Å². The second-order valence-corrected chi connectivity index (χ2v) is 3.85. The van der Waals surface area contributed by atoms with E-state index < -0.39 is 29.5 Å². The Morgan fingerprint density at radius 2 is 1.32 bits per heavy atom. The van der Waals surface area contributed by atoms with E-state index in [0.717, 1.165) is 0 Å². The average Bonchev–Trinajstić information content (AvgIpc) is 2.25. The molecule has 0 fully saturated rings. The third-order valence-electron chi connectivity index (χ3n) is 2.48. The van der Waals surface area contributed by atoms with E-state index in [1.807, 2.05) is 0 Å². The quantitative estimate of drug-likeness (QED) is 0.797. The van der Waals surface area contributed by atoms with Crippen molar-refractivity contribution in [3.05, 3.63) is 34.9 Å². The summed E-state index contributed by atoms with van der Waals surface area (Å²) >= 11 is 0. The molecule has 0 heterocycles. The molecule has 1 aromatic carbocycles. The topological polar surface area (TPSA) is 26.0 Å². The van der Waals surface area contributed by atoms with Crippen LogP contribution >= 0.6 is 12.4 Å². The average molecular weight is 308 g/mol. The second-order valence-electron chi connectivity index (χ2n) is 3.85. The fourth-order valence-corrected chi connectivity index (χ4v) is 1.43. The van der Waals surface area contributed by atoms with Gasteiger partial charge in [-0.25, -0.2) is 0 Å². The molecule has 0 bridgehead atoms. The minimum atomic E-state index is -4.83. The first-order chi connectivity index (χ1) is 8.05. The molecule has 0 saturated carbocycles. The van der Waals surface area contributed by atoms with Crippen LogP contribution in [0.1, 0.15) is 36.1 Å². The zero-order valence-electron chi connectivity index (χ0n) is 9.77. The fraction of sp³-hybridized carbons (Fsp3) is 0.455. The lowest BCUT2D eigenvalue weighted by Crippen LogP contribution is -2.15. The van der Waals surface area contributed by atoms with E-state index in [9.17, 15) is 26.3 Å². The predicted octanol–water partition coefficient (Wildman–Crippen LogP) is 4.56. The third-order valence-corrected chi connectivity index (χ3v) is 2.48. The van der Waals surface area contributed by atoms with Gasteiger partial charge in [-0.05, 0) is 30.2 Å². The molecule has 1 nitrogen and oxygen atoms in total. The molecule has 0 amide bonds. The van der Waals surface area contributed by atoms with Crippen molar-refractivity contribution in [1.82, 2.24) is 0 Å². The van der Waals surface area contributed by atoms with Gasteiger partial charge in [-0.1, -0.05) is 6.92 Å². The smallest absolute Gasteiger partial charge is 0.324 e. The highest BCUT2D eigenvalue weighted by atomic mass is 35.5. The molecule has 0 aromatic heterocycles. The van der Waals surface area contributed by atoms with Crippen molar-refractivity contribution in [3.63, 3.8) is 0 Å². The predicted molar refractivity (Wildman–Crippen MR) is 60.9 cm³/mol. The zero-order valence-corrected chi connectivity index (χ0v) is 10.6. The van der Waals surface area contributed by atoms with Crippen molar-refractivity contribution in [2.75, 3.05) is 0 Å². The van der Waals surface area contributed by atoms with Gasteiger partial charge in [-0.2, -0.15) is 26.3 Å². The Morgan fingerprint density at radius 3 is 1.58 bits per heavy atom. The lowest BCUT2D eigenvalue weighted by molar-refractivity contribution is -0.143. The molecule has 0 aliphatic rings. The molecule has 0 radical (unpaired) electrons. The standard InChI is InChI=1S/C11H11F6N.ClH/c1-2-9(18)6-3-7(10(12,13)14)5-8(4-6)11(15,16)17;/h3-5,9H,2,18H2,1H3;1H. The molecular formula is C11H12ClF6N. The van der Waals surface area contributed by atoms with E-state index >= 15 is 0 Å². The SMILES string of the molecule is CCC(N)c1cc(C(F)(F)F)cc(C(F)(F)F)c1.Cl. The molecule has 1 aromatic rings. The van der Waals surface area contributed by atoms with E-state index in [0.29, 0.717) is 12.1 Å². The Balaban J connectivity index is 0.00000324. The highest BCUT2D eigenvalue weighted by Gasteiger charge is 2.37. The van der Waals surface area contributed by atoms with Crippen LogP contribution in [-0.2, 0) is 12.4 Å². The van der Waals surface area contributed by atoms with Crippen molar-refractivity contribution >= 4 is 12.4 Å². The van der Waals surface area contributed by atoms with E-state index in [4.69, 9.17) is 5.73 Å². The summed E-state index contributed by atoms with van der Waals surface area (Å²) in [4.78, 5) is 0. The molecular weight excluding hydrogens is 296 g/mol. The van der Waals surface area contributed by atoms with Gasteiger partial charge in [0.15, 0.2) is 0 Å². The maximum absolute atomic E-state index is 12.5. The van der Waals surface area contributed by atoms with Crippen molar-refractivity contribution in [2.24, 2.45) is 5.73 Å². The van der Waals surface area contributed by atoms with Crippen LogP contribution in [0.4, 0.5) is 26.3 Å². The Bertz CT molecular complexity index is 394. The Morgan fingerprint density at radius 1 is 0.947 bits per heavy atom.